The number of carbonyl (C=O) groups is 1. The van der Waals surface area contributed by atoms with Crippen LogP contribution in [0.1, 0.15) is 27.5 Å². The molecule has 4 aromatic rings. The maximum absolute atomic E-state index is 12.9. The Morgan fingerprint density at radius 3 is 2.35 bits per heavy atom. The van der Waals surface area contributed by atoms with E-state index in [1.807, 2.05) is 60.7 Å². The predicted molar refractivity (Wildman–Crippen MR) is 130 cm³/mol. The van der Waals surface area contributed by atoms with Gasteiger partial charge in [0.2, 0.25) is 5.95 Å². The molecule has 0 spiro atoms. The molecule has 1 aliphatic rings. The second kappa shape index (κ2) is 9.11. The molecule has 1 atom stereocenters. The van der Waals surface area contributed by atoms with Crippen molar-refractivity contribution in [2.75, 3.05) is 24.9 Å². The van der Waals surface area contributed by atoms with Crippen molar-refractivity contribution >= 4 is 23.5 Å². The summed E-state index contributed by atoms with van der Waals surface area (Å²) in [5, 5.41) is 10.7. The number of benzene rings is 3. The van der Waals surface area contributed by atoms with Crippen molar-refractivity contribution in [2.45, 2.75) is 6.04 Å². The van der Waals surface area contributed by atoms with E-state index in [1.165, 1.54) is 7.11 Å². The second-order valence-corrected chi connectivity index (χ2v) is 7.65. The Morgan fingerprint density at radius 1 is 0.941 bits per heavy atom. The molecule has 3 aromatic carbocycles. The van der Waals surface area contributed by atoms with E-state index >= 15 is 0 Å². The quantitative estimate of drug-likeness (QED) is 0.443. The summed E-state index contributed by atoms with van der Waals surface area (Å²) < 4.78 is 12.3. The van der Waals surface area contributed by atoms with Crippen molar-refractivity contribution < 1.29 is 14.3 Å². The van der Waals surface area contributed by atoms with Gasteiger partial charge in [0.05, 0.1) is 14.2 Å². The van der Waals surface area contributed by atoms with E-state index in [-0.39, 0.29) is 17.9 Å². The third-order valence-corrected chi connectivity index (χ3v) is 5.56. The van der Waals surface area contributed by atoms with Crippen molar-refractivity contribution in [1.29, 1.82) is 0 Å². The summed E-state index contributed by atoms with van der Waals surface area (Å²) in [4.78, 5) is 17.5. The van der Waals surface area contributed by atoms with Gasteiger partial charge in [-0.2, -0.15) is 4.98 Å². The van der Waals surface area contributed by atoms with Crippen LogP contribution in [-0.4, -0.2) is 34.9 Å². The highest BCUT2D eigenvalue weighted by molar-refractivity contribution is 6.03. The lowest BCUT2D eigenvalue weighted by molar-refractivity contribution is 0.102. The molecule has 8 heteroatoms. The number of amides is 1. The topological polar surface area (TPSA) is 90.3 Å². The largest absolute Gasteiger partial charge is 0.493 e. The maximum Gasteiger partial charge on any atom is 0.258 e. The standard InChI is InChI=1S/C26H23N5O3/c1-33-22-14-13-19(15-23(22)34-2)24(32)28-25-29-26-27-20(17-9-5-3-6-10-17)16-21(31(26)30-25)18-11-7-4-8-12-18/h3-16,21H,1-2H3,(H2,27,28,29,30,32). The van der Waals surface area contributed by atoms with Crippen LogP contribution < -0.4 is 20.1 Å². The third kappa shape index (κ3) is 4.09. The Morgan fingerprint density at radius 2 is 1.65 bits per heavy atom. The smallest absolute Gasteiger partial charge is 0.258 e. The van der Waals surface area contributed by atoms with E-state index in [4.69, 9.17) is 9.47 Å². The number of aromatic nitrogens is 3. The van der Waals surface area contributed by atoms with Crippen molar-refractivity contribution in [3.05, 3.63) is 102 Å². The molecule has 170 valence electrons. The van der Waals surface area contributed by atoms with Gasteiger partial charge in [-0.25, -0.2) is 4.68 Å². The van der Waals surface area contributed by atoms with Gasteiger partial charge in [0, 0.05) is 11.3 Å². The van der Waals surface area contributed by atoms with Gasteiger partial charge in [0.15, 0.2) is 11.5 Å². The Bertz CT molecular complexity index is 1350. The zero-order valence-corrected chi connectivity index (χ0v) is 18.7. The Kier molecular flexibility index (Phi) is 5.70. The molecule has 1 aliphatic heterocycles. The fraction of sp³-hybridized carbons (Fsp3) is 0.115. The van der Waals surface area contributed by atoms with Crippen molar-refractivity contribution in [2.24, 2.45) is 0 Å². The van der Waals surface area contributed by atoms with E-state index in [9.17, 15) is 4.79 Å². The zero-order chi connectivity index (χ0) is 23.5. The SMILES string of the molecule is COc1ccc(C(=O)Nc2nc3n(n2)C(c2ccccc2)C=C(c2ccccc2)N3)cc1OC. The summed E-state index contributed by atoms with van der Waals surface area (Å²) in [6.07, 6.45) is 2.10. The zero-order valence-electron chi connectivity index (χ0n) is 18.7. The molecule has 34 heavy (non-hydrogen) atoms. The summed E-state index contributed by atoms with van der Waals surface area (Å²) in [7, 11) is 3.07. The van der Waals surface area contributed by atoms with Crippen LogP contribution in [0.2, 0.25) is 0 Å². The van der Waals surface area contributed by atoms with Gasteiger partial charge in [0.25, 0.3) is 11.9 Å². The van der Waals surface area contributed by atoms with Crippen LogP contribution in [0.5, 0.6) is 11.5 Å². The second-order valence-electron chi connectivity index (χ2n) is 7.65. The lowest BCUT2D eigenvalue weighted by atomic mass is 10.0. The van der Waals surface area contributed by atoms with Crippen LogP contribution in [0, 0.1) is 0 Å². The highest BCUT2D eigenvalue weighted by Gasteiger charge is 2.26. The minimum absolute atomic E-state index is 0.188. The minimum atomic E-state index is -0.351. The summed E-state index contributed by atoms with van der Waals surface area (Å²) in [5.41, 5.74) is 3.42. The molecular weight excluding hydrogens is 430 g/mol. The molecular formula is C26H23N5O3. The number of methoxy groups -OCH3 is 2. The van der Waals surface area contributed by atoms with Crippen LogP contribution in [0.4, 0.5) is 11.9 Å². The highest BCUT2D eigenvalue weighted by Crippen LogP contribution is 2.33. The molecule has 1 amide bonds. The maximum atomic E-state index is 12.9. The van der Waals surface area contributed by atoms with Crippen LogP contribution in [0.15, 0.2) is 84.9 Å². The first-order valence-corrected chi connectivity index (χ1v) is 10.8. The molecule has 0 fully saturated rings. The Hall–Kier alpha value is -4.59. The number of nitrogens with zero attached hydrogens (tertiary/aromatic N) is 3. The van der Waals surface area contributed by atoms with E-state index in [2.05, 4.69) is 26.8 Å². The summed E-state index contributed by atoms with van der Waals surface area (Å²) in [6, 6.07) is 24.8. The highest BCUT2D eigenvalue weighted by atomic mass is 16.5. The average molecular weight is 454 g/mol. The monoisotopic (exact) mass is 453 g/mol. The number of hydrogen-bond donors (Lipinski definition) is 2. The molecule has 2 N–H and O–H groups in total. The first-order chi connectivity index (χ1) is 16.7. The van der Waals surface area contributed by atoms with Gasteiger partial charge in [-0.15, -0.1) is 5.10 Å². The number of fused-ring (bicyclic) bond motifs is 1. The average Bonchev–Trinajstić information content (AvgIpc) is 3.30. The molecule has 0 radical (unpaired) electrons. The van der Waals surface area contributed by atoms with Gasteiger partial charge in [0.1, 0.15) is 6.04 Å². The third-order valence-electron chi connectivity index (χ3n) is 5.56. The van der Waals surface area contributed by atoms with Gasteiger partial charge >= 0.3 is 0 Å². The number of carbonyl (C=O) groups excluding carboxylic acids is 1. The molecule has 5 rings (SSSR count). The van der Waals surface area contributed by atoms with E-state index in [0.717, 1.165) is 16.8 Å². The lowest BCUT2D eigenvalue weighted by Gasteiger charge is -2.24. The first-order valence-electron chi connectivity index (χ1n) is 10.8. The Balaban J connectivity index is 1.46. The normalized spacial score (nSPS) is 14.4. The van der Waals surface area contributed by atoms with Crippen molar-refractivity contribution in [3.63, 3.8) is 0 Å². The van der Waals surface area contributed by atoms with Crippen LogP contribution in [-0.2, 0) is 0 Å². The van der Waals surface area contributed by atoms with E-state index < -0.39 is 0 Å². The van der Waals surface area contributed by atoms with E-state index in [1.54, 1.807) is 30.0 Å². The lowest BCUT2D eigenvalue weighted by Crippen LogP contribution is -2.20. The number of anilines is 2. The molecule has 2 heterocycles. The number of ether oxygens (including phenoxy) is 2. The van der Waals surface area contributed by atoms with Gasteiger partial charge in [-0.05, 0) is 35.4 Å². The number of allylic oxidation sites excluding steroid dienone is 1. The molecule has 0 bridgehead atoms. The van der Waals surface area contributed by atoms with Crippen LogP contribution >= 0.6 is 0 Å². The molecule has 0 aliphatic carbocycles. The van der Waals surface area contributed by atoms with Crippen LogP contribution in [0.25, 0.3) is 5.70 Å². The van der Waals surface area contributed by atoms with Crippen molar-refractivity contribution in [3.8, 4) is 11.5 Å². The summed E-state index contributed by atoms with van der Waals surface area (Å²) in [6.45, 7) is 0. The van der Waals surface area contributed by atoms with Crippen LogP contribution in [0.3, 0.4) is 0 Å². The fourth-order valence-corrected chi connectivity index (χ4v) is 3.87. The van der Waals surface area contributed by atoms with Gasteiger partial charge < -0.3 is 14.8 Å². The summed E-state index contributed by atoms with van der Waals surface area (Å²) >= 11 is 0. The predicted octanol–water partition coefficient (Wildman–Crippen LogP) is 4.60. The fourth-order valence-electron chi connectivity index (χ4n) is 3.87. The molecule has 1 aromatic heterocycles. The van der Waals surface area contributed by atoms with Gasteiger partial charge in [-0.1, -0.05) is 60.7 Å². The molecule has 0 saturated heterocycles. The van der Waals surface area contributed by atoms with Crippen molar-refractivity contribution in [1.82, 2.24) is 14.8 Å². The van der Waals surface area contributed by atoms with E-state index in [0.29, 0.717) is 23.0 Å². The minimum Gasteiger partial charge on any atom is -0.493 e. The van der Waals surface area contributed by atoms with Gasteiger partial charge in [-0.3, -0.25) is 10.1 Å². The number of hydrogen-bond acceptors (Lipinski definition) is 6. The molecule has 8 nitrogen and oxygen atoms in total. The first kappa shape index (κ1) is 21.3. The molecule has 0 saturated carbocycles. The Labute approximate surface area is 196 Å². The summed E-state index contributed by atoms with van der Waals surface area (Å²) in [5.74, 6) is 1.40. The number of nitrogens with one attached hydrogen (secondary N) is 2. The number of rotatable bonds is 6. The molecule has 1 unspecified atom stereocenters.